The van der Waals surface area contributed by atoms with Gasteiger partial charge in [0, 0.05) is 0 Å². The van der Waals surface area contributed by atoms with Gasteiger partial charge in [0.2, 0.25) is 15.9 Å². The molecule has 0 saturated carbocycles. The third kappa shape index (κ3) is 4.82. The summed E-state index contributed by atoms with van der Waals surface area (Å²) < 4.78 is 24.9. The fourth-order valence-corrected chi connectivity index (χ4v) is 2.06. The summed E-state index contributed by atoms with van der Waals surface area (Å²) in [4.78, 5) is 12.1. The molecule has 0 aliphatic rings. The van der Waals surface area contributed by atoms with Crippen LogP contribution in [0.5, 0.6) is 0 Å². The maximum atomic E-state index is 12.1. The van der Waals surface area contributed by atoms with Crippen LogP contribution >= 0.6 is 0 Å². The number of nitrogens with one attached hydrogen (secondary N) is 2. The van der Waals surface area contributed by atoms with Crippen LogP contribution in [0.4, 0.5) is 11.4 Å². The smallest absolute Gasteiger partial charge is 0.241 e. The third-order valence-electron chi connectivity index (χ3n) is 2.70. The number of anilines is 2. The van der Waals surface area contributed by atoms with Gasteiger partial charge in [0.15, 0.2) is 0 Å². The maximum absolute atomic E-state index is 12.1. The van der Waals surface area contributed by atoms with Gasteiger partial charge in [-0.25, -0.2) is 8.42 Å². The molecule has 0 aliphatic carbocycles. The predicted molar refractivity (Wildman–Crippen MR) is 81.0 cm³/mol. The zero-order valence-corrected chi connectivity index (χ0v) is 12.9. The van der Waals surface area contributed by atoms with E-state index >= 15 is 0 Å². The Hall–Kier alpha value is -1.60. The first kappa shape index (κ1) is 16.5. The fourth-order valence-electron chi connectivity index (χ4n) is 1.48. The molecule has 4 N–H and O–H groups in total. The number of hydrogen-bond donors (Lipinski definition) is 3. The number of sulfonamides is 1. The first-order valence-electron chi connectivity index (χ1n) is 6.14. The van der Waals surface area contributed by atoms with Crippen LogP contribution in [0.3, 0.4) is 0 Å². The summed E-state index contributed by atoms with van der Waals surface area (Å²) in [5.41, 5.74) is 6.17. The van der Waals surface area contributed by atoms with E-state index in [0.29, 0.717) is 11.4 Å². The molecule has 0 fully saturated rings. The van der Waals surface area contributed by atoms with Gasteiger partial charge in [-0.05, 0) is 17.5 Å². The lowest BCUT2D eigenvalue weighted by atomic mass is 9.87. The molecule has 1 rings (SSSR count). The van der Waals surface area contributed by atoms with Gasteiger partial charge >= 0.3 is 0 Å². The molecule has 1 aromatic rings. The van der Waals surface area contributed by atoms with Crippen LogP contribution in [-0.4, -0.2) is 26.6 Å². The first-order chi connectivity index (χ1) is 9.00. The molecule has 1 atom stereocenters. The SMILES string of the molecule is CC(C)(C)[C@H](N)C(=O)Nc1ccccc1NS(C)(=O)=O. The van der Waals surface area contributed by atoms with Crippen LogP contribution in [0.2, 0.25) is 0 Å². The summed E-state index contributed by atoms with van der Waals surface area (Å²) in [6.07, 6.45) is 1.05. The minimum absolute atomic E-state index is 0.310. The van der Waals surface area contributed by atoms with Gasteiger partial charge in [0.25, 0.3) is 0 Å². The summed E-state index contributed by atoms with van der Waals surface area (Å²) in [6, 6.07) is 5.85. The van der Waals surface area contributed by atoms with Gasteiger partial charge in [-0.15, -0.1) is 0 Å². The van der Waals surface area contributed by atoms with E-state index in [1.54, 1.807) is 24.3 Å². The van der Waals surface area contributed by atoms with E-state index in [9.17, 15) is 13.2 Å². The Morgan fingerprint density at radius 2 is 1.70 bits per heavy atom. The summed E-state index contributed by atoms with van der Waals surface area (Å²) in [7, 11) is -3.42. The largest absolute Gasteiger partial charge is 0.323 e. The molecule has 0 radical (unpaired) electrons. The summed E-state index contributed by atoms with van der Waals surface area (Å²) in [5.74, 6) is -0.361. The van der Waals surface area contributed by atoms with Crippen LogP contribution in [-0.2, 0) is 14.8 Å². The van der Waals surface area contributed by atoms with Crippen LogP contribution < -0.4 is 15.8 Å². The second-order valence-corrected chi connectivity index (χ2v) is 7.50. The van der Waals surface area contributed by atoms with E-state index in [2.05, 4.69) is 10.0 Å². The van der Waals surface area contributed by atoms with Crippen molar-refractivity contribution in [3.05, 3.63) is 24.3 Å². The normalized spacial score (nSPS) is 13.7. The molecule has 20 heavy (non-hydrogen) atoms. The quantitative estimate of drug-likeness (QED) is 0.781. The molecule has 0 aromatic heterocycles. The summed E-state index contributed by atoms with van der Waals surface area (Å²) in [6.45, 7) is 5.58. The van der Waals surface area contributed by atoms with E-state index < -0.39 is 16.1 Å². The zero-order valence-electron chi connectivity index (χ0n) is 12.1. The van der Waals surface area contributed by atoms with Crippen molar-refractivity contribution in [2.24, 2.45) is 11.1 Å². The van der Waals surface area contributed by atoms with E-state index in [4.69, 9.17) is 5.73 Å². The van der Waals surface area contributed by atoms with E-state index in [1.165, 1.54) is 0 Å². The number of para-hydroxylation sites is 2. The monoisotopic (exact) mass is 299 g/mol. The number of rotatable bonds is 4. The van der Waals surface area contributed by atoms with Crippen molar-refractivity contribution in [3.8, 4) is 0 Å². The molecule has 0 heterocycles. The number of carbonyl (C=O) groups excluding carboxylic acids is 1. The standard InChI is InChI=1S/C13H21N3O3S/c1-13(2,3)11(14)12(17)15-9-7-5-6-8-10(9)16-20(4,18)19/h5-8,11,16H,14H2,1-4H3,(H,15,17)/t11-/m1/s1. The number of carbonyl (C=O) groups is 1. The number of nitrogens with two attached hydrogens (primary N) is 1. The Kier molecular flexibility index (Phi) is 4.77. The second kappa shape index (κ2) is 5.80. The van der Waals surface area contributed by atoms with Gasteiger partial charge < -0.3 is 11.1 Å². The van der Waals surface area contributed by atoms with Crippen molar-refractivity contribution in [1.82, 2.24) is 0 Å². The maximum Gasteiger partial charge on any atom is 0.241 e. The van der Waals surface area contributed by atoms with Gasteiger partial charge in [-0.2, -0.15) is 0 Å². The van der Waals surface area contributed by atoms with Gasteiger partial charge in [0.05, 0.1) is 23.7 Å². The number of benzene rings is 1. The summed E-state index contributed by atoms with van der Waals surface area (Å²) >= 11 is 0. The van der Waals surface area contributed by atoms with Crippen molar-refractivity contribution in [2.45, 2.75) is 26.8 Å². The highest BCUT2D eigenvalue weighted by Gasteiger charge is 2.27. The average molecular weight is 299 g/mol. The molecule has 0 unspecified atom stereocenters. The fraction of sp³-hybridized carbons (Fsp3) is 0.462. The third-order valence-corrected chi connectivity index (χ3v) is 3.29. The molecular formula is C13H21N3O3S. The van der Waals surface area contributed by atoms with E-state index in [0.717, 1.165) is 6.26 Å². The molecule has 1 amide bonds. The number of amides is 1. The molecule has 0 aliphatic heterocycles. The van der Waals surface area contributed by atoms with Crippen LogP contribution in [0.1, 0.15) is 20.8 Å². The lowest BCUT2D eigenvalue weighted by Gasteiger charge is -2.26. The molecule has 7 heteroatoms. The zero-order chi connectivity index (χ0) is 15.6. The number of hydrogen-bond acceptors (Lipinski definition) is 4. The molecule has 0 saturated heterocycles. The molecule has 1 aromatic carbocycles. The van der Waals surface area contributed by atoms with Gasteiger partial charge in [-0.1, -0.05) is 32.9 Å². The van der Waals surface area contributed by atoms with Crippen LogP contribution in [0.25, 0.3) is 0 Å². The highest BCUT2D eigenvalue weighted by atomic mass is 32.2. The Morgan fingerprint density at radius 3 is 2.15 bits per heavy atom. The molecule has 0 spiro atoms. The Balaban J connectivity index is 2.96. The van der Waals surface area contributed by atoms with Gasteiger partial charge in [0.1, 0.15) is 0 Å². The summed E-state index contributed by atoms with van der Waals surface area (Å²) in [5, 5.41) is 2.65. The lowest BCUT2D eigenvalue weighted by molar-refractivity contribution is -0.119. The minimum atomic E-state index is -3.42. The Labute approximate surface area is 119 Å². The molecular weight excluding hydrogens is 278 g/mol. The molecule has 6 nitrogen and oxygen atoms in total. The van der Waals surface area contributed by atoms with Gasteiger partial charge in [-0.3, -0.25) is 9.52 Å². The minimum Gasteiger partial charge on any atom is -0.323 e. The van der Waals surface area contributed by atoms with Crippen LogP contribution in [0, 0.1) is 5.41 Å². The molecule has 112 valence electrons. The van der Waals surface area contributed by atoms with Crippen molar-refractivity contribution in [1.29, 1.82) is 0 Å². The predicted octanol–water partition coefficient (Wildman–Crippen LogP) is 1.37. The Morgan fingerprint density at radius 1 is 1.20 bits per heavy atom. The highest BCUT2D eigenvalue weighted by molar-refractivity contribution is 7.92. The van der Waals surface area contributed by atoms with E-state index in [-0.39, 0.29) is 11.3 Å². The van der Waals surface area contributed by atoms with E-state index in [1.807, 2.05) is 20.8 Å². The van der Waals surface area contributed by atoms with Crippen molar-refractivity contribution in [2.75, 3.05) is 16.3 Å². The van der Waals surface area contributed by atoms with Crippen molar-refractivity contribution in [3.63, 3.8) is 0 Å². The van der Waals surface area contributed by atoms with Crippen molar-refractivity contribution < 1.29 is 13.2 Å². The molecule has 0 bridgehead atoms. The second-order valence-electron chi connectivity index (χ2n) is 5.75. The average Bonchev–Trinajstić information content (AvgIpc) is 2.27. The highest BCUT2D eigenvalue weighted by Crippen LogP contribution is 2.24. The topological polar surface area (TPSA) is 101 Å². The lowest BCUT2D eigenvalue weighted by Crippen LogP contribution is -2.45. The van der Waals surface area contributed by atoms with Crippen LogP contribution in [0.15, 0.2) is 24.3 Å². The first-order valence-corrected chi connectivity index (χ1v) is 8.03. The Bertz CT molecular complexity index is 591. The van der Waals surface area contributed by atoms with Crippen molar-refractivity contribution >= 4 is 27.3 Å².